The van der Waals surface area contributed by atoms with Gasteiger partial charge in [0, 0.05) is 11.3 Å². The van der Waals surface area contributed by atoms with E-state index in [1.165, 1.54) is 12.1 Å². The van der Waals surface area contributed by atoms with Crippen molar-refractivity contribution in [2.24, 2.45) is 0 Å². The van der Waals surface area contributed by atoms with E-state index >= 15 is 0 Å². The standard InChI is InChI=1S/C12H13FN2O/c1-7(2)10-6-11(15-14-10)8-3-4-9(13)12(16)5-8/h3-7,16H,1-2H3,(H,14,15). The highest BCUT2D eigenvalue weighted by atomic mass is 19.1. The van der Waals surface area contributed by atoms with Gasteiger partial charge in [0.1, 0.15) is 0 Å². The molecule has 3 nitrogen and oxygen atoms in total. The summed E-state index contributed by atoms with van der Waals surface area (Å²) in [5.41, 5.74) is 2.42. The van der Waals surface area contributed by atoms with E-state index in [4.69, 9.17) is 0 Å². The molecule has 2 aromatic rings. The number of aromatic hydroxyl groups is 1. The molecule has 84 valence electrons. The van der Waals surface area contributed by atoms with Crippen molar-refractivity contribution in [1.82, 2.24) is 10.2 Å². The number of H-pyrrole nitrogens is 1. The molecule has 1 aromatic carbocycles. The topological polar surface area (TPSA) is 48.9 Å². The van der Waals surface area contributed by atoms with Gasteiger partial charge in [0.2, 0.25) is 0 Å². The monoisotopic (exact) mass is 220 g/mol. The van der Waals surface area contributed by atoms with Crippen molar-refractivity contribution in [2.45, 2.75) is 19.8 Å². The zero-order chi connectivity index (χ0) is 11.7. The molecule has 1 heterocycles. The Kier molecular flexibility index (Phi) is 2.64. The summed E-state index contributed by atoms with van der Waals surface area (Å²) in [5, 5.41) is 16.3. The Morgan fingerprint density at radius 1 is 1.31 bits per heavy atom. The Morgan fingerprint density at radius 2 is 2.06 bits per heavy atom. The first-order valence-electron chi connectivity index (χ1n) is 5.12. The average molecular weight is 220 g/mol. The summed E-state index contributed by atoms with van der Waals surface area (Å²) >= 11 is 0. The number of benzene rings is 1. The summed E-state index contributed by atoms with van der Waals surface area (Å²) in [4.78, 5) is 0. The van der Waals surface area contributed by atoms with Crippen LogP contribution in [0.3, 0.4) is 0 Å². The maximum absolute atomic E-state index is 12.9. The molecule has 0 saturated carbocycles. The molecule has 0 amide bonds. The molecule has 0 spiro atoms. The number of phenols is 1. The van der Waals surface area contributed by atoms with Gasteiger partial charge >= 0.3 is 0 Å². The van der Waals surface area contributed by atoms with E-state index in [0.717, 1.165) is 5.69 Å². The quantitative estimate of drug-likeness (QED) is 0.817. The largest absolute Gasteiger partial charge is 0.505 e. The molecule has 0 aliphatic carbocycles. The maximum atomic E-state index is 12.9. The molecule has 0 fully saturated rings. The lowest BCUT2D eigenvalue weighted by atomic mass is 10.1. The minimum atomic E-state index is -0.622. The number of rotatable bonds is 2. The van der Waals surface area contributed by atoms with Gasteiger partial charge in [0.15, 0.2) is 11.6 Å². The van der Waals surface area contributed by atoms with Crippen LogP contribution >= 0.6 is 0 Å². The Labute approximate surface area is 92.9 Å². The molecule has 0 atom stereocenters. The first kappa shape index (κ1) is 10.7. The van der Waals surface area contributed by atoms with Crippen LogP contribution in [0.1, 0.15) is 25.5 Å². The second-order valence-corrected chi connectivity index (χ2v) is 4.03. The fourth-order valence-corrected chi connectivity index (χ4v) is 1.45. The van der Waals surface area contributed by atoms with Gasteiger partial charge in [-0.1, -0.05) is 13.8 Å². The van der Waals surface area contributed by atoms with Crippen LogP contribution in [0.5, 0.6) is 5.75 Å². The Hall–Kier alpha value is -1.84. The van der Waals surface area contributed by atoms with Crippen molar-refractivity contribution in [1.29, 1.82) is 0 Å². The van der Waals surface area contributed by atoms with E-state index < -0.39 is 5.82 Å². The predicted octanol–water partition coefficient (Wildman–Crippen LogP) is 3.04. The van der Waals surface area contributed by atoms with Crippen LogP contribution in [0.4, 0.5) is 4.39 Å². The van der Waals surface area contributed by atoms with E-state index in [0.29, 0.717) is 17.2 Å². The second-order valence-electron chi connectivity index (χ2n) is 4.03. The number of halogens is 1. The number of hydrogen-bond acceptors (Lipinski definition) is 2. The van der Waals surface area contributed by atoms with Gasteiger partial charge in [-0.3, -0.25) is 5.10 Å². The lowest BCUT2D eigenvalue weighted by molar-refractivity contribution is 0.432. The van der Waals surface area contributed by atoms with Crippen LogP contribution in [0, 0.1) is 5.82 Å². The summed E-state index contributed by atoms with van der Waals surface area (Å²) < 4.78 is 12.9. The maximum Gasteiger partial charge on any atom is 0.164 e. The molecular weight excluding hydrogens is 207 g/mol. The summed E-state index contributed by atoms with van der Waals surface area (Å²) in [6, 6.07) is 6.09. The number of aromatic nitrogens is 2. The first-order chi connectivity index (χ1) is 7.58. The van der Waals surface area contributed by atoms with Crippen molar-refractivity contribution in [2.75, 3.05) is 0 Å². The zero-order valence-corrected chi connectivity index (χ0v) is 9.16. The Morgan fingerprint density at radius 3 is 2.62 bits per heavy atom. The number of nitrogens with zero attached hydrogens (tertiary/aromatic N) is 1. The van der Waals surface area contributed by atoms with Gasteiger partial charge in [-0.25, -0.2) is 4.39 Å². The van der Waals surface area contributed by atoms with Crippen LogP contribution in [0.15, 0.2) is 24.3 Å². The third kappa shape index (κ3) is 1.91. The molecule has 16 heavy (non-hydrogen) atoms. The smallest absolute Gasteiger partial charge is 0.164 e. The molecule has 2 N–H and O–H groups in total. The molecule has 0 aliphatic heterocycles. The van der Waals surface area contributed by atoms with Crippen molar-refractivity contribution < 1.29 is 9.50 Å². The molecule has 4 heteroatoms. The lowest BCUT2D eigenvalue weighted by Gasteiger charge is -1.99. The molecular formula is C12H13FN2O. The van der Waals surface area contributed by atoms with Crippen molar-refractivity contribution in [3.8, 4) is 17.0 Å². The minimum Gasteiger partial charge on any atom is -0.505 e. The van der Waals surface area contributed by atoms with Gasteiger partial charge in [0.25, 0.3) is 0 Å². The summed E-state index contributed by atoms with van der Waals surface area (Å²) in [6.07, 6.45) is 0. The SMILES string of the molecule is CC(C)c1cc(-c2ccc(F)c(O)c2)n[nH]1. The third-order valence-corrected chi connectivity index (χ3v) is 2.46. The minimum absolute atomic E-state index is 0.355. The third-order valence-electron chi connectivity index (χ3n) is 2.46. The van der Waals surface area contributed by atoms with Gasteiger partial charge < -0.3 is 5.11 Å². The Bertz CT molecular complexity index is 505. The van der Waals surface area contributed by atoms with Crippen molar-refractivity contribution in [3.05, 3.63) is 35.8 Å². The molecule has 0 radical (unpaired) electrons. The van der Waals surface area contributed by atoms with Gasteiger partial charge in [0.05, 0.1) is 5.69 Å². The van der Waals surface area contributed by atoms with Crippen molar-refractivity contribution in [3.63, 3.8) is 0 Å². The van der Waals surface area contributed by atoms with Gasteiger partial charge in [-0.05, 0) is 30.2 Å². The molecule has 1 aromatic heterocycles. The van der Waals surface area contributed by atoms with E-state index in [9.17, 15) is 9.50 Å². The fraction of sp³-hybridized carbons (Fsp3) is 0.250. The van der Waals surface area contributed by atoms with Crippen LogP contribution in [-0.2, 0) is 0 Å². The van der Waals surface area contributed by atoms with Crippen molar-refractivity contribution >= 4 is 0 Å². The lowest BCUT2D eigenvalue weighted by Crippen LogP contribution is -1.85. The molecule has 0 aliphatic rings. The molecule has 0 bridgehead atoms. The van der Waals surface area contributed by atoms with Crippen LogP contribution in [-0.4, -0.2) is 15.3 Å². The van der Waals surface area contributed by atoms with E-state index in [2.05, 4.69) is 24.0 Å². The fourth-order valence-electron chi connectivity index (χ4n) is 1.45. The van der Waals surface area contributed by atoms with E-state index in [1.54, 1.807) is 6.07 Å². The number of nitrogens with one attached hydrogen (secondary N) is 1. The number of phenolic OH excluding ortho intramolecular Hbond substituents is 1. The van der Waals surface area contributed by atoms with Crippen LogP contribution in [0.25, 0.3) is 11.3 Å². The van der Waals surface area contributed by atoms with Gasteiger partial charge in [-0.2, -0.15) is 5.10 Å². The summed E-state index contributed by atoms with van der Waals surface area (Å²) in [7, 11) is 0. The van der Waals surface area contributed by atoms with E-state index in [-0.39, 0.29) is 5.75 Å². The van der Waals surface area contributed by atoms with Gasteiger partial charge in [-0.15, -0.1) is 0 Å². The van der Waals surface area contributed by atoms with E-state index in [1.807, 2.05) is 6.07 Å². The highest BCUT2D eigenvalue weighted by Gasteiger charge is 2.08. The molecule has 2 rings (SSSR count). The molecule has 0 unspecified atom stereocenters. The predicted molar refractivity (Wildman–Crippen MR) is 59.7 cm³/mol. The second kappa shape index (κ2) is 3.96. The molecule has 0 saturated heterocycles. The highest BCUT2D eigenvalue weighted by molar-refractivity contribution is 5.61. The summed E-state index contributed by atoms with van der Waals surface area (Å²) in [6.45, 7) is 4.11. The zero-order valence-electron chi connectivity index (χ0n) is 9.16. The normalized spacial score (nSPS) is 11.0. The number of aromatic amines is 1. The first-order valence-corrected chi connectivity index (χ1v) is 5.12. The summed E-state index contributed by atoms with van der Waals surface area (Å²) in [5.74, 6) is -0.620. The van der Waals surface area contributed by atoms with Crippen LogP contribution < -0.4 is 0 Å². The highest BCUT2D eigenvalue weighted by Crippen LogP contribution is 2.25. The average Bonchev–Trinajstić information content (AvgIpc) is 2.71. The number of hydrogen-bond donors (Lipinski definition) is 2. The Balaban J connectivity index is 2.39. The van der Waals surface area contributed by atoms with Crippen LogP contribution in [0.2, 0.25) is 0 Å².